The number of nitrogens with zero attached hydrogens (tertiary/aromatic N) is 2. The Morgan fingerprint density at radius 2 is 1.80 bits per heavy atom. The Balaban J connectivity index is 2.58. The van der Waals surface area contributed by atoms with Crippen molar-refractivity contribution in [3.05, 3.63) is 53.6 Å². The normalized spacial score (nSPS) is 11.2. The smallest absolute Gasteiger partial charge is 0.259 e. The highest BCUT2D eigenvalue weighted by Crippen LogP contribution is 2.33. The molecule has 0 aliphatic carbocycles. The summed E-state index contributed by atoms with van der Waals surface area (Å²) in [6.07, 6.45) is -3.95. The van der Waals surface area contributed by atoms with E-state index in [1.165, 1.54) is 12.1 Å². The number of alkyl halides is 3. The maximum atomic E-state index is 12.9. The summed E-state index contributed by atoms with van der Waals surface area (Å²) in [5.74, 6) is -0.490. The van der Waals surface area contributed by atoms with Gasteiger partial charge in [-0.05, 0) is 23.8 Å². The molecule has 0 saturated carbocycles. The van der Waals surface area contributed by atoms with Gasteiger partial charge in [-0.15, -0.1) is 0 Å². The van der Waals surface area contributed by atoms with Crippen LogP contribution in [0.3, 0.4) is 0 Å². The lowest BCUT2D eigenvalue weighted by Gasteiger charge is -2.11. The third-order valence-corrected chi connectivity index (χ3v) is 2.70. The van der Waals surface area contributed by atoms with Crippen LogP contribution in [-0.4, -0.2) is 4.98 Å². The fraction of sp³-hybridized carbons (Fsp3) is 0.143. The first-order chi connectivity index (χ1) is 9.41. The molecule has 0 aliphatic heterocycles. The highest BCUT2D eigenvalue weighted by Gasteiger charge is 2.31. The Bertz CT molecular complexity index is 654. The van der Waals surface area contributed by atoms with Gasteiger partial charge in [-0.3, -0.25) is 4.98 Å². The van der Waals surface area contributed by atoms with Crippen LogP contribution in [0.15, 0.2) is 36.5 Å². The fourth-order valence-corrected chi connectivity index (χ4v) is 1.74. The van der Waals surface area contributed by atoms with Crippen molar-refractivity contribution >= 4 is 0 Å². The first-order valence-electron chi connectivity index (χ1n) is 5.61. The molecule has 1 aromatic heterocycles. The summed E-state index contributed by atoms with van der Waals surface area (Å²) in [5, 5.41) is 8.69. The van der Waals surface area contributed by atoms with Crippen molar-refractivity contribution in [1.82, 2.24) is 4.98 Å². The van der Waals surface area contributed by atoms with Crippen molar-refractivity contribution in [2.24, 2.45) is 0 Å². The molecule has 0 bridgehead atoms. The molecule has 0 amide bonds. The van der Waals surface area contributed by atoms with Crippen LogP contribution in [0.4, 0.5) is 17.6 Å². The van der Waals surface area contributed by atoms with Crippen LogP contribution in [0.1, 0.15) is 11.3 Å². The molecule has 2 nitrogen and oxygen atoms in total. The molecule has 6 heteroatoms. The van der Waals surface area contributed by atoms with E-state index in [1.54, 1.807) is 0 Å². The number of hydrogen-bond acceptors (Lipinski definition) is 2. The summed E-state index contributed by atoms with van der Waals surface area (Å²) in [7, 11) is 0. The van der Waals surface area contributed by atoms with Gasteiger partial charge in [-0.25, -0.2) is 4.39 Å². The zero-order valence-corrected chi connectivity index (χ0v) is 10.1. The highest BCUT2D eigenvalue weighted by atomic mass is 19.4. The van der Waals surface area contributed by atoms with Crippen molar-refractivity contribution in [1.29, 1.82) is 5.26 Å². The van der Waals surface area contributed by atoms with Gasteiger partial charge in [0, 0.05) is 11.8 Å². The van der Waals surface area contributed by atoms with Gasteiger partial charge in [0.25, 0.3) is 0 Å². The topological polar surface area (TPSA) is 36.7 Å². The molecule has 20 heavy (non-hydrogen) atoms. The van der Waals surface area contributed by atoms with Crippen LogP contribution in [0, 0.1) is 17.1 Å². The number of aromatic nitrogens is 1. The van der Waals surface area contributed by atoms with Gasteiger partial charge < -0.3 is 0 Å². The van der Waals surface area contributed by atoms with E-state index >= 15 is 0 Å². The number of benzene rings is 1. The molecule has 1 aromatic carbocycles. The Morgan fingerprint density at radius 3 is 2.35 bits per heavy atom. The predicted octanol–water partition coefficient (Wildman–Crippen LogP) is 3.97. The van der Waals surface area contributed by atoms with Crippen molar-refractivity contribution in [2.45, 2.75) is 12.6 Å². The molecule has 102 valence electrons. The van der Waals surface area contributed by atoms with E-state index in [0.717, 1.165) is 18.2 Å². The third kappa shape index (κ3) is 2.94. The lowest BCUT2D eigenvalue weighted by atomic mass is 10.0. The quantitative estimate of drug-likeness (QED) is 0.780. The van der Waals surface area contributed by atoms with Gasteiger partial charge in [-0.2, -0.15) is 18.4 Å². The Kier molecular flexibility index (Phi) is 3.70. The minimum atomic E-state index is -4.52. The van der Waals surface area contributed by atoms with E-state index in [9.17, 15) is 17.6 Å². The molecular weight excluding hydrogens is 272 g/mol. The molecule has 0 atom stereocenters. The van der Waals surface area contributed by atoms with E-state index in [0.29, 0.717) is 11.8 Å². The summed E-state index contributed by atoms with van der Waals surface area (Å²) in [5.41, 5.74) is -0.109. The zero-order valence-electron chi connectivity index (χ0n) is 10.1. The first-order valence-corrected chi connectivity index (χ1v) is 5.61. The van der Waals surface area contributed by atoms with Crippen molar-refractivity contribution in [2.75, 3.05) is 0 Å². The summed E-state index contributed by atoms with van der Waals surface area (Å²) in [6, 6.07) is 7.77. The van der Waals surface area contributed by atoms with Gasteiger partial charge in [0.2, 0.25) is 0 Å². The van der Waals surface area contributed by atoms with E-state index in [-0.39, 0.29) is 17.7 Å². The lowest BCUT2D eigenvalue weighted by molar-refractivity contribution is -0.137. The predicted molar refractivity (Wildman–Crippen MR) is 64.0 cm³/mol. The molecule has 0 aliphatic rings. The molecule has 0 spiro atoms. The second-order valence-corrected chi connectivity index (χ2v) is 4.06. The third-order valence-electron chi connectivity index (χ3n) is 2.70. The summed E-state index contributed by atoms with van der Waals surface area (Å²) in [4.78, 5) is 3.70. The lowest BCUT2D eigenvalue weighted by Crippen LogP contribution is -2.07. The summed E-state index contributed by atoms with van der Waals surface area (Å²) in [6.45, 7) is 0. The van der Waals surface area contributed by atoms with Gasteiger partial charge in [0.15, 0.2) is 0 Å². The van der Waals surface area contributed by atoms with Gasteiger partial charge in [0.1, 0.15) is 5.82 Å². The summed E-state index contributed by atoms with van der Waals surface area (Å²) < 4.78 is 51.0. The maximum Gasteiger partial charge on any atom is 0.417 e. The fourth-order valence-electron chi connectivity index (χ4n) is 1.74. The minimum Gasteiger partial charge on any atom is -0.259 e. The van der Waals surface area contributed by atoms with Crippen molar-refractivity contribution in [3.63, 3.8) is 0 Å². The average molecular weight is 280 g/mol. The number of rotatable bonds is 2. The maximum absolute atomic E-state index is 12.9. The van der Waals surface area contributed by atoms with Crippen LogP contribution in [-0.2, 0) is 12.6 Å². The average Bonchev–Trinajstić information content (AvgIpc) is 2.39. The van der Waals surface area contributed by atoms with Crippen LogP contribution in [0.5, 0.6) is 0 Å². The van der Waals surface area contributed by atoms with Crippen molar-refractivity contribution in [3.8, 4) is 17.2 Å². The molecule has 0 N–H and O–H groups in total. The van der Waals surface area contributed by atoms with Gasteiger partial charge in [-0.1, -0.05) is 12.1 Å². The van der Waals surface area contributed by atoms with Crippen LogP contribution in [0.2, 0.25) is 0 Å². The highest BCUT2D eigenvalue weighted by molar-refractivity contribution is 5.67. The number of halogens is 4. The SMILES string of the molecule is N#CCc1ncc(C(F)(F)F)cc1-c1ccc(F)cc1. The van der Waals surface area contributed by atoms with Crippen LogP contribution in [0.25, 0.3) is 11.1 Å². The number of hydrogen-bond donors (Lipinski definition) is 0. The number of nitriles is 1. The molecule has 1 heterocycles. The molecule has 0 radical (unpaired) electrons. The van der Waals surface area contributed by atoms with Crippen LogP contribution >= 0.6 is 0 Å². The Morgan fingerprint density at radius 1 is 1.15 bits per heavy atom. The molecule has 2 aromatic rings. The Labute approximate surface area is 112 Å². The zero-order chi connectivity index (χ0) is 14.8. The van der Waals surface area contributed by atoms with E-state index in [4.69, 9.17) is 5.26 Å². The largest absolute Gasteiger partial charge is 0.417 e. The molecule has 0 saturated heterocycles. The second kappa shape index (κ2) is 5.29. The monoisotopic (exact) mass is 280 g/mol. The summed E-state index contributed by atoms with van der Waals surface area (Å²) >= 11 is 0. The van der Waals surface area contributed by atoms with E-state index in [2.05, 4.69) is 4.98 Å². The van der Waals surface area contributed by atoms with Gasteiger partial charge >= 0.3 is 6.18 Å². The standard InChI is InChI=1S/C14H8F4N2/c15-11-3-1-9(2-4-11)12-7-10(14(16,17)18)8-20-13(12)5-6-19/h1-4,7-8H,5H2. The van der Waals surface area contributed by atoms with Crippen LogP contribution < -0.4 is 0 Å². The molecule has 2 rings (SSSR count). The van der Waals surface area contributed by atoms with E-state index in [1.807, 2.05) is 6.07 Å². The first kappa shape index (κ1) is 14.0. The van der Waals surface area contributed by atoms with Crippen molar-refractivity contribution < 1.29 is 17.6 Å². The Hall–Kier alpha value is -2.42. The number of pyridine rings is 1. The minimum absolute atomic E-state index is 0.120. The van der Waals surface area contributed by atoms with E-state index < -0.39 is 17.6 Å². The van der Waals surface area contributed by atoms with Gasteiger partial charge in [0.05, 0.1) is 23.7 Å². The molecule has 0 fully saturated rings. The molecular formula is C14H8F4N2. The molecule has 0 unspecified atom stereocenters. The second-order valence-electron chi connectivity index (χ2n) is 4.06.